The number of hydrogen-bond donors (Lipinski definition) is 0. The maximum atomic E-state index is 5.58. The van der Waals surface area contributed by atoms with Crippen LogP contribution < -0.4 is 0 Å². The Balaban J connectivity index is 1.80. The van der Waals surface area contributed by atoms with Crippen molar-refractivity contribution in [3.8, 4) is 0 Å². The van der Waals surface area contributed by atoms with Gasteiger partial charge in [-0.05, 0) is 12.5 Å². The van der Waals surface area contributed by atoms with E-state index < -0.39 is 0 Å². The summed E-state index contributed by atoms with van der Waals surface area (Å²) in [5.74, 6) is 0.826. The third-order valence-corrected chi connectivity index (χ3v) is 2.56. The van der Waals surface area contributed by atoms with E-state index in [2.05, 4.69) is 17.3 Å². The second kappa shape index (κ2) is 3.21. The van der Waals surface area contributed by atoms with Crippen molar-refractivity contribution in [3.63, 3.8) is 0 Å². The summed E-state index contributed by atoms with van der Waals surface area (Å²) < 4.78 is 10.6. The topological polar surface area (TPSA) is 38.6 Å². The summed E-state index contributed by atoms with van der Waals surface area (Å²) in [6.07, 6.45) is 0.223. The van der Waals surface area contributed by atoms with Gasteiger partial charge in [-0.3, -0.25) is 0 Å². The second-order valence-corrected chi connectivity index (χ2v) is 3.75. The van der Waals surface area contributed by atoms with Gasteiger partial charge < -0.3 is 9.26 Å². The summed E-state index contributed by atoms with van der Waals surface area (Å²) in [7, 11) is 0. The van der Waals surface area contributed by atoms with Crippen LogP contribution >= 0.6 is 0 Å². The zero-order valence-corrected chi connectivity index (χ0v) is 8.38. The van der Waals surface area contributed by atoms with Gasteiger partial charge in [-0.25, -0.2) is 0 Å². The smallest absolute Gasteiger partial charge is 0.134 e. The van der Waals surface area contributed by atoms with E-state index in [-0.39, 0.29) is 12.2 Å². The van der Waals surface area contributed by atoms with Crippen molar-refractivity contribution >= 4 is 0 Å². The number of benzene rings is 1. The van der Waals surface area contributed by atoms with Crippen molar-refractivity contribution in [1.82, 2.24) is 5.16 Å². The van der Waals surface area contributed by atoms with Crippen molar-refractivity contribution in [1.29, 1.82) is 0 Å². The first-order valence-corrected chi connectivity index (χ1v) is 4.98. The predicted molar refractivity (Wildman–Crippen MR) is 54.2 cm³/mol. The highest BCUT2D eigenvalue weighted by Crippen LogP contribution is 2.50. The van der Waals surface area contributed by atoms with Gasteiger partial charge in [0.25, 0.3) is 0 Å². The molecule has 0 N–H and O–H groups in total. The van der Waals surface area contributed by atoms with Gasteiger partial charge >= 0.3 is 0 Å². The Hall–Kier alpha value is -1.61. The monoisotopic (exact) mass is 201 g/mol. The SMILES string of the molecule is Cc1cc(C2OC2c2ccccc2)no1. The van der Waals surface area contributed by atoms with Gasteiger partial charge in [-0.2, -0.15) is 0 Å². The van der Waals surface area contributed by atoms with Gasteiger partial charge in [0, 0.05) is 6.07 Å². The third kappa shape index (κ3) is 1.55. The molecule has 0 amide bonds. The van der Waals surface area contributed by atoms with Crippen molar-refractivity contribution in [2.24, 2.45) is 0 Å². The predicted octanol–water partition coefficient (Wildman–Crippen LogP) is 2.80. The van der Waals surface area contributed by atoms with E-state index in [4.69, 9.17) is 9.26 Å². The molecular weight excluding hydrogens is 190 g/mol. The molecule has 76 valence electrons. The van der Waals surface area contributed by atoms with E-state index in [0.717, 1.165) is 11.5 Å². The van der Waals surface area contributed by atoms with Crippen LogP contribution in [0.5, 0.6) is 0 Å². The molecule has 3 rings (SSSR count). The number of rotatable bonds is 2. The fourth-order valence-corrected chi connectivity index (χ4v) is 1.75. The van der Waals surface area contributed by atoms with E-state index in [1.165, 1.54) is 5.56 Å². The largest absolute Gasteiger partial charge is 0.361 e. The lowest BCUT2D eigenvalue weighted by Gasteiger charge is -1.92. The standard InChI is InChI=1S/C12H11NO2/c1-8-7-10(13-15-8)12-11(14-12)9-5-3-2-4-6-9/h2-7,11-12H,1H3. The molecule has 1 fully saturated rings. The van der Waals surface area contributed by atoms with Crippen LogP contribution in [0, 0.1) is 6.92 Å². The van der Waals surface area contributed by atoms with Crippen LogP contribution in [0.15, 0.2) is 40.9 Å². The lowest BCUT2D eigenvalue weighted by atomic mass is 10.1. The Labute approximate surface area is 87.7 Å². The van der Waals surface area contributed by atoms with Crippen molar-refractivity contribution in [3.05, 3.63) is 53.4 Å². The molecule has 0 bridgehead atoms. The molecule has 2 atom stereocenters. The molecule has 3 heteroatoms. The second-order valence-electron chi connectivity index (χ2n) is 3.75. The van der Waals surface area contributed by atoms with Crippen LogP contribution in [0.2, 0.25) is 0 Å². The first kappa shape index (κ1) is 8.68. The number of ether oxygens (including phenoxy) is 1. The first-order valence-electron chi connectivity index (χ1n) is 4.98. The normalized spacial score (nSPS) is 24.1. The first-order chi connectivity index (χ1) is 7.34. The number of hydrogen-bond acceptors (Lipinski definition) is 3. The quantitative estimate of drug-likeness (QED) is 0.701. The van der Waals surface area contributed by atoms with E-state index in [1.54, 1.807) is 0 Å². The summed E-state index contributed by atoms with van der Waals surface area (Å²) in [6, 6.07) is 12.1. The minimum Gasteiger partial charge on any atom is -0.361 e. The molecule has 2 heterocycles. The Bertz CT molecular complexity index is 463. The minimum atomic E-state index is 0.0739. The molecular formula is C12H11NO2. The molecule has 2 unspecified atom stereocenters. The zero-order chi connectivity index (χ0) is 10.3. The highest BCUT2D eigenvalue weighted by molar-refractivity contribution is 5.26. The minimum absolute atomic E-state index is 0.0739. The van der Waals surface area contributed by atoms with Crippen LogP contribution in [0.25, 0.3) is 0 Å². The molecule has 1 aromatic heterocycles. The molecule has 0 aliphatic carbocycles. The molecule has 0 radical (unpaired) electrons. The maximum Gasteiger partial charge on any atom is 0.134 e. The average molecular weight is 201 g/mol. The lowest BCUT2D eigenvalue weighted by molar-refractivity contribution is 0.353. The van der Waals surface area contributed by atoms with Gasteiger partial charge in [-0.15, -0.1) is 0 Å². The van der Waals surface area contributed by atoms with Gasteiger partial charge in [0.05, 0.1) is 0 Å². The summed E-state index contributed by atoms with van der Waals surface area (Å²) in [4.78, 5) is 0. The lowest BCUT2D eigenvalue weighted by Crippen LogP contribution is -1.83. The molecule has 15 heavy (non-hydrogen) atoms. The summed E-state index contributed by atoms with van der Waals surface area (Å²) in [5.41, 5.74) is 2.09. The Morgan fingerprint density at radius 2 is 1.93 bits per heavy atom. The van der Waals surface area contributed by atoms with Gasteiger partial charge in [0.2, 0.25) is 0 Å². The Kier molecular flexibility index (Phi) is 1.86. The molecule has 1 saturated heterocycles. The molecule has 0 spiro atoms. The maximum absolute atomic E-state index is 5.58. The van der Waals surface area contributed by atoms with Crippen LogP contribution in [0.3, 0.4) is 0 Å². The number of nitrogens with zero attached hydrogens (tertiary/aromatic N) is 1. The van der Waals surface area contributed by atoms with Crippen molar-refractivity contribution < 1.29 is 9.26 Å². The van der Waals surface area contributed by atoms with E-state index in [9.17, 15) is 0 Å². The zero-order valence-electron chi connectivity index (χ0n) is 8.38. The van der Waals surface area contributed by atoms with E-state index in [0.29, 0.717) is 0 Å². The van der Waals surface area contributed by atoms with Crippen molar-refractivity contribution in [2.75, 3.05) is 0 Å². The fourth-order valence-electron chi connectivity index (χ4n) is 1.75. The van der Waals surface area contributed by atoms with Gasteiger partial charge in [0.15, 0.2) is 0 Å². The highest BCUT2D eigenvalue weighted by Gasteiger charge is 2.43. The molecule has 1 aliphatic heterocycles. The van der Waals surface area contributed by atoms with Crippen LogP contribution in [0.4, 0.5) is 0 Å². The molecule has 3 nitrogen and oxygen atoms in total. The summed E-state index contributed by atoms with van der Waals surface area (Å²) >= 11 is 0. The average Bonchev–Trinajstić information content (AvgIpc) is 2.96. The molecule has 1 aliphatic rings. The van der Waals surface area contributed by atoms with Crippen LogP contribution in [-0.2, 0) is 4.74 Å². The Morgan fingerprint density at radius 3 is 2.60 bits per heavy atom. The number of aromatic nitrogens is 1. The van der Waals surface area contributed by atoms with E-state index >= 15 is 0 Å². The van der Waals surface area contributed by atoms with Crippen LogP contribution in [-0.4, -0.2) is 5.16 Å². The van der Waals surface area contributed by atoms with E-state index in [1.807, 2.05) is 31.2 Å². The molecule has 0 saturated carbocycles. The molecule has 1 aromatic carbocycles. The van der Waals surface area contributed by atoms with Crippen molar-refractivity contribution in [2.45, 2.75) is 19.1 Å². The summed E-state index contributed by atoms with van der Waals surface area (Å²) in [5, 5.41) is 3.95. The number of epoxide rings is 1. The highest BCUT2D eigenvalue weighted by atomic mass is 16.6. The third-order valence-electron chi connectivity index (χ3n) is 2.56. The summed E-state index contributed by atoms with van der Waals surface area (Å²) in [6.45, 7) is 1.89. The van der Waals surface area contributed by atoms with Gasteiger partial charge in [-0.1, -0.05) is 35.5 Å². The number of aryl methyl sites for hydroxylation is 1. The molecule has 2 aromatic rings. The Morgan fingerprint density at radius 1 is 1.13 bits per heavy atom. The van der Waals surface area contributed by atoms with Crippen LogP contribution in [0.1, 0.15) is 29.2 Å². The fraction of sp³-hybridized carbons (Fsp3) is 0.250. The van der Waals surface area contributed by atoms with Gasteiger partial charge in [0.1, 0.15) is 23.7 Å².